The summed E-state index contributed by atoms with van der Waals surface area (Å²) in [5.41, 5.74) is 4.67. The Morgan fingerprint density at radius 1 is 1.08 bits per heavy atom. The summed E-state index contributed by atoms with van der Waals surface area (Å²) in [6, 6.07) is 0.258. The summed E-state index contributed by atoms with van der Waals surface area (Å²) >= 11 is 0. The molecule has 1 aliphatic carbocycles. The molecule has 0 heterocycles. The lowest BCUT2D eigenvalue weighted by molar-refractivity contribution is 0.121. The van der Waals surface area contributed by atoms with E-state index in [9.17, 15) is 4.39 Å². The fourth-order valence-electron chi connectivity index (χ4n) is 1.24. The van der Waals surface area contributed by atoms with Gasteiger partial charge in [-0.3, -0.25) is 0 Å². The minimum absolute atomic E-state index is 0.258. The first kappa shape index (κ1) is 15.4. The van der Waals surface area contributed by atoms with E-state index in [4.69, 9.17) is 5.73 Å². The Labute approximate surface area is 82.9 Å². The highest BCUT2D eigenvalue weighted by molar-refractivity contribution is 4.83. The van der Waals surface area contributed by atoms with Crippen molar-refractivity contribution in [3.8, 4) is 0 Å². The predicted molar refractivity (Wildman–Crippen MR) is 58.7 cm³/mol. The fraction of sp³-hybridized carbons (Fsp3) is 1.00. The molecule has 82 valence electrons. The third kappa shape index (κ3) is 8.23. The Balaban J connectivity index is 0. The van der Waals surface area contributed by atoms with Gasteiger partial charge in [-0.15, -0.1) is 0 Å². The summed E-state index contributed by atoms with van der Waals surface area (Å²) in [5.74, 6) is 0. The van der Waals surface area contributed by atoms with Gasteiger partial charge in [-0.1, -0.05) is 27.7 Å². The summed E-state index contributed by atoms with van der Waals surface area (Å²) in [4.78, 5) is 0. The molecule has 0 saturated heterocycles. The van der Waals surface area contributed by atoms with E-state index in [-0.39, 0.29) is 6.04 Å². The molecule has 1 aliphatic rings. The zero-order valence-electron chi connectivity index (χ0n) is 9.86. The molecule has 1 nitrogen and oxygen atoms in total. The lowest BCUT2D eigenvalue weighted by atomic mass is 9.85. The molecule has 1 fully saturated rings. The predicted octanol–water partition coefficient (Wildman–Crippen LogP) is 3.67. The normalized spacial score (nSPS) is 32.1. The van der Waals surface area contributed by atoms with Crippen molar-refractivity contribution in [3.63, 3.8) is 0 Å². The first-order valence-electron chi connectivity index (χ1n) is 5.55. The molecule has 1 saturated carbocycles. The maximum atomic E-state index is 13.0. The number of alkyl halides is 1. The van der Waals surface area contributed by atoms with Crippen LogP contribution in [0.25, 0.3) is 0 Å². The Bertz CT molecular complexity index is 92.3. The fourth-order valence-corrected chi connectivity index (χ4v) is 1.24. The second-order valence-electron chi connectivity index (χ2n) is 3.25. The molecule has 2 N–H and O–H groups in total. The van der Waals surface area contributed by atoms with E-state index in [0.29, 0.717) is 12.8 Å². The van der Waals surface area contributed by atoms with Crippen molar-refractivity contribution in [2.75, 3.05) is 0 Å². The van der Waals surface area contributed by atoms with Gasteiger partial charge in [0.25, 0.3) is 0 Å². The minimum atomic E-state index is -0.921. The monoisotopic (exact) mass is 191 g/mol. The van der Waals surface area contributed by atoms with Crippen LogP contribution in [-0.2, 0) is 0 Å². The van der Waals surface area contributed by atoms with E-state index in [2.05, 4.69) is 0 Å². The van der Waals surface area contributed by atoms with Gasteiger partial charge < -0.3 is 5.73 Å². The van der Waals surface area contributed by atoms with Crippen molar-refractivity contribution in [1.82, 2.24) is 0 Å². The molecule has 0 aliphatic heterocycles. The van der Waals surface area contributed by atoms with Crippen molar-refractivity contribution in [1.29, 1.82) is 0 Å². The SMILES string of the molecule is CC.CC.CC1(F)CCC(N)CC1. The Morgan fingerprint density at radius 3 is 1.62 bits per heavy atom. The van der Waals surface area contributed by atoms with Crippen LogP contribution in [-0.4, -0.2) is 11.7 Å². The standard InChI is InChI=1S/C7H14FN.2C2H6/c1-7(8)4-2-6(9)3-5-7;2*1-2/h6H,2-5,9H2,1H3;2*1-2H3. The largest absolute Gasteiger partial charge is 0.328 e. The molecule has 0 atom stereocenters. The van der Waals surface area contributed by atoms with Gasteiger partial charge in [0, 0.05) is 6.04 Å². The maximum Gasteiger partial charge on any atom is 0.108 e. The van der Waals surface area contributed by atoms with E-state index in [1.54, 1.807) is 6.92 Å². The van der Waals surface area contributed by atoms with Crippen molar-refractivity contribution < 1.29 is 4.39 Å². The van der Waals surface area contributed by atoms with Crippen LogP contribution in [0.5, 0.6) is 0 Å². The van der Waals surface area contributed by atoms with Gasteiger partial charge in [-0.25, -0.2) is 4.39 Å². The Hall–Kier alpha value is -0.110. The molecule has 0 bridgehead atoms. The van der Waals surface area contributed by atoms with Crippen LogP contribution in [0.15, 0.2) is 0 Å². The van der Waals surface area contributed by atoms with Crippen molar-refractivity contribution in [2.45, 2.75) is 72.0 Å². The second kappa shape index (κ2) is 8.49. The summed E-state index contributed by atoms with van der Waals surface area (Å²) in [6.07, 6.45) is 3.00. The molecule has 0 unspecified atom stereocenters. The molecular weight excluding hydrogens is 165 g/mol. The van der Waals surface area contributed by atoms with Crippen molar-refractivity contribution >= 4 is 0 Å². The smallest absolute Gasteiger partial charge is 0.108 e. The first-order valence-corrected chi connectivity index (χ1v) is 5.55. The number of hydrogen-bond acceptors (Lipinski definition) is 1. The molecule has 0 aromatic carbocycles. The van der Waals surface area contributed by atoms with Crippen molar-refractivity contribution in [3.05, 3.63) is 0 Å². The average Bonchev–Trinajstić information content (AvgIpc) is 2.17. The zero-order chi connectivity index (χ0) is 10.9. The van der Waals surface area contributed by atoms with E-state index < -0.39 is 5.67 Å². The van der Waals surface area contributed by atoms with Crippen LogP contribution in [0.1, 0.15) is 60.3 Å². The van der Waals surface area contributed by atoms with Crippen molar-refractivity contribution in [2.24, 2.45) is 5.73 Å². The molecule has 0 spiro atoms. The molecule has 0 aromatic rings. The molecule has 0 aromatic heterocycles. The molecular formula is C11H26FN. The highest BCUT2D eigenvalue weighted by Gasteiger charge is 2.28. The topological polar surface area (TPSA) is 26.0 Å². The van der Waals surface area contributed by atoms with E-state index >= 15 is 0 Å². The van der Waals surface area contributed by atoms with Gasteiger partial charge in [0.15, 0.2) is 0 Å². The number of rotatable bonds is 0. The Morgan fingerprint density at radius 2 is 1.38 bits per heavy atom. The van der Waals surface area contributed by atoms with Crippen LogP contribution in [0, 0.1) is 0 Å². The second-order valence-corrected chi connectivity index (χ2v) is 3.25. The van der Waals surface area contributed by atoms with E-state index in [1.807, 2.05) is 27.7 Å². The van der Waals surface area contributed by atoms with E-state index in [0.717, 1.165) is 12.8 Å². The van der Waals surface area contributed by atoms with Gasteiger partial charge in [-0.2, -0.15) is 0 Å². The highest BCUT2D eigenvalue weighted by Crippen LogP contribution is 2.30. The van der Waals surface area contributed by atoms with Crippen LogP contribution >= 0.6 is 0 Å². The Kier molecular flexibility index (Phi) is 10.0. The zero-order valence-corrected chi connectivity index (χ0v) is 9.86. The minimum Gasteiger partial charge on any atom is -0.328 e. The van der Waals surface area contributed by atoms with Gasteiger partial charge in [0.2, 0.25) is 0 Å². The number of halogens is 1. The van der Waals surface area contributed by atoms with Gasteiger partial charge in [0.1, 0.15) is 5.67 Å². The lowest BCUT2D eigenvalue weighted by Gasteiger charge is -2.28. The maximum absolute atomic E-state index is 13.0. The third-order valence-corrected chi connectivity index (χ3v) is 2.07. The van der Waals surface area contributed by atoms with Crippen LogP contribution in [0.4, 0.5) is 4.39 Å². The molecule has 2 heteroatoms. The quantitative estimate of drug-likeness (QED) is 0.621. The lowest BCUT2D eigenvalue weighted by Crippen LogP contribution is -2.33. The number of hydrogen-bond donors (Lipinski definition) is 1. The third-order valence-electron chi connectivity index (χ3n) is 2.07. The summed E-state index contributed by atoms with van der Waals surface area (Å²) < 4.78 is 13.0. The van der Waals surface area contributed by atoms with Gasteiger partial charge in [0.05, 0.1) is 0 Å². The van der Waals surface area contributed by atoms with Crippen LogP contribution < -0.4 is 5.73 Å². The summed E-state index contributed by atoms with van der Waals surface area (Å²) in [6.45, 7) is 9.67. The number of nitrogens with two attached hydrogens (primary N) is 1. The highest BCUT2D eigenvalue weighted by atomic mass is 19.1. The van der Waals surface area contributed by atoms with Gasteiger partial charge in [-0.05, 0) is 32.6 Å². The van der Waals surface area contributed by atoms with Gasteiger partial charge >= 0.3 is 0 Å². The molecule has 1 rings (SSSR count). The molecule has 13 heavy (non-hydrogen) atoms. The van der Waals surface area contributed by atoms with Crippen LogP contribution in [0.3, 0.4) is 0 Å². The first-order chi connectivity index (χ1) is 6.10. The average molecular weight is 191 g/mol. The molecule has 0 amide bonds. The molecule has 0 radical (unpaired) electrons. The summed E-state index contributed by atoms with van der Waals surface area (Å²) in [7, 11) is 0. The summed E-state index contributed by atoms with van der Waals surface area (Å²) in [5, 5.41) is 0. The van der Waals surface area contributed by atoms with E-state index in [1.165, 1.54) is 0 Å². The van der Waals surface area contributed by atoms with Crippen LogP contribution in [0.2, 0.25) is 0 Å².